The molecule has 0 aromatic heterocycles. The van der Waals surface area contributed by atoms with E-state index in [0.717, 1.165) is 24.0 Å². The minimum absolute atomic E-state index is 0.403. The number of nitrogens with zero attached hydrogens (tertiary/aromatic N) is 2. The van der Waals surface area contributed by atoms with Crippen LogP contribution in [0.3, 0.4) is 0 Å². The Bertz CT molecular complexity index is 626. The molecule has 0 aliphatic carbocycles. The number of likely N-dealkylation sites (N-methyl/N-ethyl adjacent to an activating group) is 2. The number of aromatic hydroxyl groups is 1. The fraction of sp³-hybridized carbons (Fsp3) is 0.444. The Hall–Kier alpha value is -1.58. The third kappa shape index (κ3) is 3.04. The largest absolute Gasteiger partial charge is 0.508 e. The molecule has 1 atom stereocenters. The summed E-state index contributed by atoms with van der Waals surface area (Å²) >= 11 is 0. The summed E-state index contributed by atoms with van der Waals surface area (Å²) in [6, 6.07) is 12.7. The first-order valence-corrected chi connectivity index (χ1v) is 7.73. The summed E-state index contributed by atoms with van der Waals surface area (Å²) in [6.07, 6.45) is 2.58. The molecule has 1 saturated heterocycles. The minimum Gasteiger partial charge on any atom is -0.508 e. The van der Waals surface area contributed by atoms with Crippen LogP contribution in [0.4, 0.5) is 0 Å². The second kappa shape index (κ2) is 6.04. The van der Waals surface area contributed by atoms with Gasteiger partial charge in [0.25, 0.3) is 0 Å². The van der Waals surface area contributed by atoms with Crippen LogP contribution in [0.25, 0.3) is 10.8 Å². The highest BCUT2D eigenvalue weighted by Gasteiger charge is 2.22. The van der Waals surface area contributed by atoms with Crippen molar-refractivity contribution in [3.8, 4) is 5.75 Å². The lowest BCUT2D eigenvalue weighted by Gasteiger charge is -2.26. The summed E-state index contributed by atoms with van der Waals surface area (Å²) in [5.74, 6) is 0.403. The minimum atomic E-state index is 0.403. The van der Waals surface area contributed by atoms with Gasteiger partial charge in [-0.15, -0.1) is 0 Å². The fourth-order valence-electron chi connectivity index (χ4n) is 3.39. The average molecular weight is 284 g/mol. The molecule has 1 aliphatic rings. The van der Waals surface area contributed by atoms with E-state index in [1.54, 1.807) is 0 Å². The smallest absolute Gasteiger partial charge is 0.120 e. The number of likely N-dealkylation sites (tertiary alicyclic amines) is 1. The van der Waals surface area contributed by atoms with Crippen LogP contribution in [0.2, 0.25) is 0 Å². The predicted octanol–water partition coefficient (Wildman–Crippen LogP) is 3.07. The molecule has 0 amide bonds. The Morgan fingerprint density at radius 2 is 2.05 bits per heavy atom. The van der Waals surface area contributed by atoms with Crippen molar-refractivity contribution in [3.63, 3.8) is 0 Å². The molecular formula is C18H24N2O. The van der Waals surface area contributed by atoms with Gasteiger partial charge in [-0.3, -0.25) is 0 Å². The molecule has 1 N–H and O–H groups in total. The molecule has 1 unspecified atom stereocenters. The Labute approximate surface area is 126 Å². The zero-order valence-electron chi connectivity index (χ0n) is 12.9. The molecule has 21 heavy (non-hydrogen) atoms. The maximum Gasteiger partial charge on any atom is 0.120 e. The number of rotatable bonds is 4. The van der Waals surface area contributed by atoms with Crippen molar-refractivity contribution in [2.24, 2.45) is 0 Å². The van der Waals surface area contributed by atoms with Gasteiger partial charge in [0.2, 0.25) is 0 Å². The number of fused-ring (bicyclic) bond motifs is 1. The maximum atomic E-state index is 10.2. The number of hydrogen-bond acceptors (Lipinski definition) is 3. The second-order valence-corrected chi connectivity index (χ2v) is 6.26. The van der Waals surface area contributed by atoms with Crippen LogP contribution >= 0.6 is 0 Å². The van der Waals surface area contributed by atoms with E-state index in [9.17, 15) is 5.11 Å². The van der Waals surface area contributed by atoms with E-state index >= 15 is 0 Å². The molecule has 0 radical (unpaired) electrons. The van der Waals surface area contributed by atoms with Gasteiger partial charge in [-0.25, -0.2) is 0 Å². The quantitative estimate of drug-likeness (QED) is 0.934. The molecule has 0 spiro atoms. The van der Waals surface area contributed by atoms with E-state index in [-0.39, 0.29) is 0 Å². The van der Waals surface area contributed by atoms with Crippen molar-refractivity contribution < 1.29 is 5.11 Å². The summed E-state index contributed by atoms with van der Waals surface area (Å²) in [4.78, 5) is 4.77. The van der Waals surface area contributed by atoms with Gasteiger partial charge >= 0.3 is 0 Å². The summed E-state index contributed by atoms with van der Waals surface area (Å²) in [5.41, 5.74) is 1.04. The molecule has 1 heterocycles. The van der Waals surface area contributed by atoms with E-state index in [1.807, 2.05) is 24.3 Å². The van der Waals surface area contributed by atoms with Crippen LogP contribution in [0.1, 0.15) is 18.4 Å². The van der Waals surface area contributed by atoms with E-state index in [2.05, 4.69) is 36.0 Å². The predicted molar refractivity (Wildman–Crippen MR) is 87.6 cm³/mol. The van der Waals surface area contributed by atoms with Gasteiger partial charge in [-0.2, -0.15) is 0 Å². The van der Waals surface area contributed by atoms with Crippen LogP contribution in [0.15, 0.2) is 36.4 Å². The molecule has 2 aromatic rings. The molecular weight excluding hydrogens is 260 g/mol. The highest BCUT2D eigenvalue weighted by atomic mass is 16.3. The number of phenolic OH excluding ortho intramolecular Hbond substituents is 1. The number of benzene rings is 2. The lowest BCUT2D eigenvalue weighted by Crippen LogP contribution is -2.36. The van der Waals surface area contributed by atoms with Crippen LogP contribution < -0.4 is 0 Å². The first kappa shape index (κ1) is 14.4. The van der Waals surface area contributed by atoms with Gasteiger partial charge < -0.3 is 14.9 Å². The third-order valence-corrected chi connectivity index (χ3v) is 4.64. The summed E-state index contributed by atoms with van der Waals surface area (Å²) in [7, 11) is 4.36. The standard InChI is InChI=1S/C18H24N2O/c1-19(12-15-7-5-11-20(15)2)13-17-16-8-4-3-6-14(16)9-10-18(17)21/h3-4,6,8-10,15,21H,5,7,11-13H2,1-2H3. The molecule has 0 bridgehead atoms. The zero-order chi connectivity index (χ0) is 14.8. The van der Waals surface area contributed by atoms with E-state index < -0.39 is 0 Å². The van der Waals surface area contributed by atoms with Gasteiger partial charge in [-0.05, 0) is 50.3 Å². The summed E-state index contributed by atoms with van der Waals surface area (Å²) in [5, 5.41) is 12.6. The highest BCUT2D eigenvalue weighted by molar-refractivity contribution is 5.87. The zero-order valence-corrected chi connectivity index (χ0v) is 12.9. The molecule has 1 fully saturated rings. The highest BCUT2D eigenvalue weighted by Crippen LogP contribution is 2.28. The monoisotopic (exact) mass is 284 g/mol. The lowest BCUT2D eigenvalue weighted by atomic mass is 10.0. The van der Waals surface area contributed by atoms with E-state index in [4.69, 9.17) is 0 Å². The topological polar surface area (TPSA) is 26.7 Å². The fourth-order valence-corrected chi connectivity index (χ4v) is 3.39. The molecule has 3 heteroatoms. The van der Waals surface area contributed by atoms with Gasteiger partial charge in [0.15, 0.2) is 0 Å². The van der Waals surface area contributed by atoms with Crippen molar-refractivity contribution in [1.29, 1.82) is 0 Å². The second-order valence-electron chi connectivity index (χ2n) is 6.26. The molecule has 112 valence electrons. The van der Waals surface area contributed by atoms with Gasteiger partial charge in [0, 0.05) is 24.7 Å². The summed E-state index contributed by atoms with van der Waals surface area (Å²) < 4.78 is 0. The molecule has 1 aliphatic heterocycles. The average Bonchev–Trinajstić information content (AvgIpc) is 2.87. The molecule has 2 aromatic carbocycles. The van der Waals surface area contributed by atoms with E-state index in [0.29, 0.717) is 11.8 Å². The van der Waals surface area contributed by atoms with Crippen molar-refractivity contribution in [1.82, 2.24) is 9.80 Å². The Kier molecular flexibility index (Phi) is 4.13. The Morgan fingerprint density at radius 1 is 1.24 bits per heavy atom. The van der Waals surface area contributed by atoms with Crippen LogP contribution in [-0.4, -0.2) is 48.1 Å². The lowest BCUT2D eigenvalue weighted by molar-refractivity contribution is 0.214. The van der Waals surface area contributed by atoms with E-state index in [1.165, 1.54) is 24.8 Å². The van der Waals surface area contributed by atoms with Crippen molar-refractivity contribution in [2.75, 3.05) is 27.2 Å². The van der Waals surface area contributed by atoms with Gasteiger partial charge in [0.05, 0.1) is 0 Å². The number of phenols is 1. The van der Waals surface area contributed by atoms with Gasteiger partial charge in [0.1, 0.15) is 5.75 Å². The molecule has 3 rings (SSSR count). The maximum absolute atomic E-state index is 10.2. The normalized spacial score (nSPS) is 19.7. The summed E-state index contributed by atoms with van der Waals surface area (Å²) in [6.45, 7) is 3.05. The van der Waals surface area contributed by atoms with Crippen LogP contribution in [0.5, 0.6) is 5.75 Å². The Morgan fingerprint density at radius 3 is 2.81 bits per heavy atom. The number of hydrogen-bond donors (Lipinski definition) is 1. The third-order valence-electron chi connectivity index (χ3n) is 4.64. The Balaban J connectivity index is 1.79. The first-order valence-electron chi connectivity index (χ1n) is 7.73. The van der Waals surface area contributed by atoms with Crippen LogP contribution in [-0.2, 0) is 6.54 Å². The van der Waals surface area contributed by atoms with Gasteiger partial charge in [-0.1, -0.05) is 30.3 Å². The van der Waals surface area contributed by atoms with Crippen molar-refractivity contribution in [3.05, 3.63) is 42.0 Å². The SMILES string of the molecule is CN(Cc1c(O)ccc2ccccc12)CC1CCCN1C. The first-order chi connectivity index (χ1) is 10.1. The molecule has 3 nitrogen and oxygen atoms in total. The van der Waals surface area contributed by atoms with Crippen molar-refractivity contribution >= 4 is 10.8 Å². The molecule has 0 saturated carbocycles. The van der Waals surface area contributed by atoms with Crippen LogP contribution in [0, 0.1) is 0 Å². The van der Waals surface area contributed by atoms with Crippen molar-refractivity contribution in [2.45, 2.75) is 25.4 Å².